The normalized spacial score (nSPS) is 14.5. The molecule has 1 aliphatic rings. The minimum Gasteiger partial charge on any atom is -0.378 e. The fourth-order valence-corrected chi connectivity index (χ4v) is 4.22. The zero-order chi connectivity index (χ0) is 18.8. The van der Waals surface area contributed by atoms with Gasteiger partial charge in [0, 0.05) is 24.2 Å². The molecule has 8 nitrogen and oxygen atoms in total. The smallest absolute Gasteiger partial charge is 0.288 e. The van der Waals surface area contributed by atoms with E-state index in [-0.39, 0.29) is 5.56 Å². The van der Waals surface area contributed by atoms with Gasteiger partial charge in [0.1, 0.15) is 5.56 Å². The third-order valence-electron chi connectivity index (χ3n) is 4.16. The zero-order valence-corrected chi connectivity index (χ0v) is 16.2. The number of para-hydroxylation sites is 1. The summed E-state index contributed by atoms with van der Waals surface area (Å²) in [5.74, 6) is -0.496. The first kappa shape index (κ1) is 18.0. The topological polar surface area (TPSA) is 88.8 Å². The Kier molecular flexibility index (Phi) is 5.10. The Morgan fingerprint density at radius 1 is 1.30 bits per heavy atom. The van der Waals surface area contributed by atoms with Crippen LogP contribution in [0, 0.1) is 0 Å². The van der Waals surface area contributed by atoms with Gasteiger partial charge in [-0.1, -0.05) is 23.5 Å². The molecule has 1 N–H and O–H groups in total. The monoisotopic (exact) mass is 403 g/mol. The fraction of sp³-hybridized carbons (Fsp3) is 0.294. The maximum absolute atomic E-state index is 12.8. The predicted octanol–water partition coefficient (Wildman–Crippen LogP) is 1.96. The number of carbonyl (C=O) groups excluding carboxylic acids is 1. The van der Waals surface area contributed by atoms with Crippen molar-refractivity contribution in [3.05, 3.63) is 46.4 Å². The van der Waals surface area contributed by atoms with E-state index in [2.05, 4.69) is 20.3 Å². The van der Waals surface area contributed by atoms with Gasteiger partial charge in [-0.25, -0.2) is 4.98 Å². The summed E-state index contributed by atoms with van der Waals surface area (Å²) in [6, 6.07) is 7.43. The predicted molar refractivity (Wildman–Crippen MR) is 106 cm³/mol. The second-order valence-electron chi connectivity index (χ2n) is 5.81. The minimum absolute atomic E-state index is 0.0396. The Morgan fingerprint density at radius 2 is 2.07 bits per heavy atom. The van der Waals surface area contributed by atoms with E-state index in [9.17, 15) is 9.59 Å². The van der Waals surface area contributed by atoms with Crippen molar-refractivity contribution in [1.29, 1.82) is 0 Å². The van der Waals surface area contributed by atoms with Crippen molar-refractivity contribution in [3.63, 3.8) is 0 Å². The second-order valence-corrected chi connectivity index (χ2v) is 7.59. The molecular formula is C17H17N5O3S2. The summed E-state index contributed by atoms with van der Waals surface area (Å²) < 4.78 is 6.54. The van der Waals surface area contributed by atoms with Crippen molar-refractivity contribution in [2.75, 3.05) is 42.8 Å². The molecule has 2 aromatic heterocycles. The number of morpholine rings is 1. The lowest BCUT2D eigenvalue weighted by Crippen LogP contribution is -2.36. The number of ether oxygens (including phenoxy) is 1. The number of aromatic nitrogens is 3. The van der Waals surface area contributed by atoms with Crippen LogP contribution in [-0.2, 0) is 4.74 Å². The van der Waals surface area contributed by atoms with Crippen molar-refractivity contribution in [3.8, 4) is 0 Å². The molecular weight excluding hydrogens is 386 g/mol. The molecule has 0 saturated carbocycles. The first-order valence-corrected chi connectivity index (χ1v) is 10.4. The maximum atomic E-state index is 12.8. The summed E-state index contributed by atoms with van der Waals surface area (Å²) in [5.41, 5.74) is 0.143. The molecule has 3 aromatic rings. The van der Waals surface area contributed by atoms with Crippen LogP contribution in [0.15, 0.2) is 40.2 Å². The molecule has 0 atom stereocenters. The number of fused-ring (bicyclic) bond motifs is 1. The maximum Gasteiger partial charge on any atom is 0.288 e. The number of thioether (sulfide) groups is 1. The summed E-state index contributed by atoms with van der Waals surface area (Å²) >= 11 is 2.84. The average molecular weight is 403 g/mol. The number of nitrogens with one attached hydrogen (secondary N) is 1. The third kappa shape index (κ3) is 3.55. The first-order chi connectivity index (χ1) is 13.2. The second kappa shape index (κ2) is 7.67. The van der Waals surface area contributed by atoms with Crippen molar-refractivity contribution < 1.29 is 9.53 Å². The van der Waals surface area contributed by atoms with Crippen molar-refractivity contribution in [2.45, 2.75) is 4.90 Å². The van der Waals surface area contributed by atoms with E-state index in [0.717, 1.165) is 4.90 Å². The third-order valence-corrected chi connectivity index (χ3v) is 5.94. The SMILES string of the molecule is CSc1ccccc1NC(=O)c1cnc2sc(N3CCOCC3)nn2c1=O. The molecule has 0 radical (unpaired) electrons. The number of rotatable bonds is 4. The number of carbonyl (C=O) groups is 1. The number of nitrogens with zero attached hydrogens (tertiary/aromatic N) is 4. The van der Waals surface area contributed by atoms with Gasteiger partial charge >= 0.3 is 0 Å². The Labute approximate surface area is 163 Å². The van der Waals surface area contributed by atoms with E-state index < -0.39 is 11.5 Å². The number of hydrogen-bond acceptors (Lipinski definition) is 8. The fourth-order valence-electron chi connectivity index (χ4n) is 2.75. The van der Waals surface area contributed by atoms with Gasteiger partial charge in [0.2, 0.25) is 10.1 Å². The zero-order valence-electron chi connectivity index (χ0n) is 14.5. The molecule has 4 rings (SSSR count). The molecule has 27 heavy (non-hydrogen) atoms. The number of benzene rings is 1. The highest BCUT2D eigenvalue weighted by Gasteiger charge is 2.20. The highest BCUT2D eigenvalue weighted by Crippen LogP contribution is 2.25. The molecule has 1 saturated heterocycles. The summed E-state index contributed by atoms with van der Waals surface area (Å²) in [6.45, 7) is 2.68. The van der Waals surface area contributed by atoms with E-state index >= 15 is 0 Å². The molecule has 1 aliphatic heterocycles. The number of hydrogen-bond donors (Lipinski definition) is 1. The van der Waals surface area contributed by atoms with Crippen molar-refractivity contribution >= 4 is 44.8 Å². The van der Waals surface area contributed by atoms with Gasteiger partial charge in [0.25, 0.3) is 11.5 Å². The van der Waals surface area contributed by atoms with E-state index in [0.29, 0.717) is 42.1 Å². The van der Waals surface area contributed by atoms with Crippen LogP contribution in [0.3, 0.4) is 0 Å². The molecule has 10 heteroatoms. The molecule has 1 fully saturated rings. The van der Waals surface area contributed by atoms with E-state index in [1.807, 2.05) is 24.5 Å². The van der Waals surface area contributed by atoms with Gasteiger partial charge in [0.15, 0.2) is 0 Å². The van der Waals surface area contributed by atoms with Gasteiger partial charge in [-0.3, -0.25) is 9.59 Å². The van der Waals surface area contributed by atoms with Crippen LogP contribution in [0.1, 0.15) is 10.4 Å². The van der Waals surface area contributed by atoms with E-state index in [4.69, 9.17) is 4.74 Å². The first-order valence-electron chi connectivity index (χ1n) is 8.33. The Balaban J connectivity index is 1.65. The van der Waals surface area contributed by atoms with Gasteiger partial charge in [-0.2, -0.15) is 4.52 Å². The summed E-state index contributed by atoms with van der Waals surface area (Å²) in [7, 11) is 0. The van der Waals surface area contributed by atoms with Crippen LogP contribution in [0.25, 0.3) is 4.96 Å². The van der Waals surface area contributed by atoms with Crippen molar-refractivity contribution in [2.24, 2.45) is 0 Å². The summed E-state index contributed by atoms with van der Waals surface area (Å²) in [5, 5.41) is 7.86. The lowest BCUT2D eigenvalue weighted by molar-refractivity contribution is 0.102. The lowest BCUT2D eigenvalue weighted by Gasteiger charge is -2.25. The van der Waals surface area contributed by atoms with Crippen molar-refractivity contribution in [1.82, 2.24) is 14.6 Å². The number of amides is 1. The highest BCUT2D eigenvalue weighted by atomic mass is 32.2. The Morgan fingerprint density at radius 3 is 2.85 bits per heavy atom. The number of anilines is 2. The standard InChI is InChI=1S/C17H17N5O3S2/c1-26-13-5-3-2-4-12(13)19-14(23)11-10-18-16-22(15(11)24)20-17(27-16)21-6-8-25-9-7-21/h2-5,10H,6-9H2,1H3,(H,19,23). The molecule has 0 spiro atoms. The Hall–Kier alpha value is -2.43. The molecule has 140 valence electrons. The molecule has 0 bridgehead atoms. The van der Waals surface area contributed by atoms with Gasteiger partial charge in [0.05, 0.1) is 18.9 Å². The Bertz CT molecular complexity index is 1040. The molecule has 3 heterocycles. The van der Waals surface area contributed by atoms with Gasteiger partial charge in [-0.05, 0) is 18.4 Å². The van der Waals surface area contributed by atoms with Crippen LogP contribution in [0.2, 0.25) is 0 Å². The van der Waals surface area contributed by atoms with Gasteiger partial charge in [-0.15, -0.1) is 16.9 Å². The summed E-state index contributed by atoms with van der Waals surface area (Å²) in [4.78, 5) is 33.1. The molecule has 0 unspecified atom stereocenters. The van der Waals surface area contributed by atoms with Crippen LogP contribution in [0.4, 0.5) is 10.8 Å². The molecule has 1 aromatic carbocycles. The molecule has 1 amide bonds. The molecule has 0 aliphatic carbocycles. The minimum atomic E-state index is -0.496. The van der Waals surface area contributed by atoms with E-state index in [1.165, 1.54) is 33.8 Å². The van der Waals surface area contributed by atoms with Crippen LogP contribution >= 0.6 is 23.1 Å². The van der Waals surface area contributed by atoms with Gasteiger partial charge < -0.3 is 15.0 Å². The van der Waals surface area contributed by atoms with Crippen LogP contribution < -0.4 is 15.8 Å². The lowest BCUT2D eigenvalue weighted by atomic mass is 10.2. The largest absolute Gasteiger partial charge is 0.378 e. The van der Waals surface area contributed by atoms with Crippen LogP contribution in [-0.4, -0.2) is 53.1 Å². The quantitative estimate of drug-likeness (QED) is 0.666. The highest BCUT2D eigenvalue weighted by molar-refractivity contribution is 7.98. The average Bonchev–Trinajstić information content (AvgIpc) is 3.14. The van der Waals surface area contributed by atoms with Crippen LogP contribution in [0.5, 0.6) is 0 Å². The summed E-state index contributed by atoms with van der Waals surface area (Å²) in [6.07, 6.45) is 3.24. The van der Waals surface area contributed by atoms with E-state index in [1.54, 1.807) is 6.07 Å².